The molecule has 0 bridgehead atoms. The molecule has 2 aromatic carbocycles. The number of carbonyl (C=O) groups excluding carboxylic acids is 1. The maximum absolute atomic E-state index is 10.1. The zero-order chi connectivity index (χ0) is 9.80. The lowest BCUT2D eigenvalue weighted by molar-refractivity contribution is 0.568. The molecule has 68 valence electrons. The van der Waals surface area contributed by atoms with Gasteiger partial charge in [-0.1, -0.05) is 42.5 Å². The number of allylic oxidation sites excluding steroid dienone is 1. The Kier molecular flexibility index (Phi) is 2.44. The summed E-state index contributed by atoms with van der Waals surface area (Å²) in [6, 6.07) is 14.3. The van der Waals surface area contributed by atoms with Crippen LogP contribution >= 0.6 is 0 Å². The molecule has 0 aromatic heterocycles. The number of rotatable bonds is 2. The summed E-state index contributed by atoms with van der Waals surface area (Å²) in [4.78, 5) is 10.1. The van der Waals surface area contributed by atoms with Crippen LogP contribution in [0.25, 0.3) is 10.8 Å². The molecule has 1 nitrogen and oxygen atoms in total. The Morgan fingerprint density at radius 1 is 1.07 bits per heavy atom. The average molecular weight is 182 g/mol. The Hall–Kier alpha value is -1.85. The molecule has 0 aliphatic heterocycles. The van der Waals surface area contributed by atoms with Crippen molar-refractivity contribution in [3.8, 4) is 0 Å². The average Bonchev–Trinajstić information content (AvgIpc) is 2.26. The van der Waals surface area contributed by atoms with Gasteiger partial charge in [-0.3, -0.25) is 0 Å². The maximum Gasteiger partial charge on any atom is 0.120 e. The minimum atomic E-state index is 0.658. The Balaban J connectivity index is 2.58. The maximum atomic E-state index is 10.1. The van der Waals surface area contributed by atoms with Gasteiger partial charge in [0.05, 0.1) is 0 Å². The van der Waals surface area contributed by atoms with Crippen LogP contribution in [0.2, 0.25) is 0 Å². The van der Waals surface area contributed by atoms with E-state index < -0.39 is 0 Å². The number of benzene rings is 2. The second kappa shape index (κ2) is 3.91. The summed E-state index contributed by atoms with van der Waals surface area (Å²) in [6.07, 6.45) is 2.17. The molecule has 0 heterocycles. The summed E-state index contributed by atoms with van der Waals surface area (Å²) in [5.41, 5.74) is 1.17. The fourth-order valence-corrected chi connectivity index (χ4v) is 1.62. The van der Waals surface area contributed by atoms with Gasteiger partial charge in [0.15, 0.2) is 0 Å². The Labute approximate surface area is 82.7 Å². The summed E-state index contributed by atoms with van der Waals surface area (Å²) in [7, 11) is 0. The van der Waals surface area contributed by atoms with Crippen molar-refractivity contribution in [2.75, 3.05) is 0 Å². The van der Waals surface area contributed by atoms with E-state index in [0.717, 1.165) is 0 Å². The lowest BCUT2D eigenvalue weighted by Gasteiger charge is -2.02. The van der Waals surface area contributed by atoms with Gasteiger partial charge in [0.25, 0.3) is 0 Å². The molecule has 2 aromatic rings. The second-order valence-electron chi connectivity index (χ2n) is 3.16. The second-order valence-corrected chi connectivity index (χ2v) is 3.16. The zero-order valence-corrected chi connectivity index (χ0v) is 7.73. The standard InChI is InChI=1S/C13H10O/c14-10-4-8-12-7-3-6-11-5-1-2-9-13(11)12/h1-7,9H,8H2. The van der Waals surface area contributed by atoms with E-state index in [9.17, 15) is 4.79 Å². The predicted octanol–water partition coefficient (Wildman–Crippen LogP) is 2.77. The van der Waals surface area contributed by atoms with Gasteiger partial charge in [-0.2, -0.15) is 0 Å². The molecule has 0 radical (unpaired) electrons. The van der Waals surface area contributed by atoms with Crippen LogP contribution in [-0.4, -0.2) is 5.94 Å². The van der Waals surface area contributed by atoms with Crippen molar-refractivity contribution in [2.45, 2.75) is 6.42 Å². The van der Waals surface area contributed by atoms with Crippen LogP contribution in [0, 0.1) is 0 Å². The Morgan fingerprint density at radius 3 is 2.71 bits per heavy atom. The van der Waals surface area contributed by atoms with Gasteiger partial charge in [-0.15, -0.1) is 0 Å². The highest BCUT2D eigenvalue weighted by Crippen LogP contribution is 2.18. The van der Waals surface area contributed by atoms with Crippen LogP contribution in [0.4, 0.5) is 0 Å². The molecule has 14 heavy (non-hydrogen) atoms. The lowest BCUT2D eigenvalue weighted by atomic mass is 10.0. The van der Waals surface area contributed by atoms with E-state index >= 15 is 0 Å². The quantitative estimate of drug-likeness (QED) is 0.653. The van der Waals surface area contributed by atoms with Gasteiger partial charge in [0.2, 0.25) is 0 Å². The first kappa shape index (κ1) is 8.74. The molecular formula is C13H10O. The highest BCUT2D eigenvalue weighted by atomic mass is 16.1. The van der Waals surface area contributed by atoms with E-state index in [1.54, 1.807) is 5.94 Å². The first-order valence-electron chi connectivity index (χ1n) is 4.58. The molecule has 2 rings (SSSR count). The Morgan fingerprint density at radius 2 is 1.86 bits per heavy atom. The molecular weight excluding hydrogens is 172 g/mol. The van der Waals surface area contributed by atoms with Crippen molar-refractivity contribution in [3.05, 3.63) is 54.1 Å². The van der Waals surface area contributed by atoms with Crippen LogP contribution in [0.5, 0.6) is 0 Å². The number of fused-ring (bicyclic) bond motifs is 1. The molecule has 0 amide bonds. The third-order valence-electron chi connectivity index (χ3n) is 2.29. The van der Waals surface area contributed by atoms with Crippen molar-refractivity contribution in [1.29, 1.82) is 0 Å². The van der Waals surface area contributed by atoms with Crippen molar-refractivity contribution < 1.29 is 4.79 Å². The molecule has 0 unspecified atom stereocenters. The van der Waals surface area contributed by atoms with Gasteiger partial charge in [-0.25, -0.2) is 4.79 Å². The van der Waals surface area contributed by atoms with Crippen LogP contribution in [0.3, 0.4) is 0 Å². The van der Waals surface area contributed by atoms with Gasteiger partial charge in [0, 0.05) is 12.5 Å². The lowest BCUT2D eigenvalue weighted by Crippen LogP contribution is -1.83. The zero-order valence-electron chi connectivity index (χ0n) is 7.73. The van der Waals surface area contributed by atoms with E-state index in [4.69, 9.17) is 0 Å². The minimum Gasteiger partial charge on any atom is -0.234 e. The summed E-state index contributed by atoms with van der Waals surface area (Å²) in [5, 5.41) is 2.42. The summed E-state index contributed by atoms with van der Waals surface area (Å²) < 4.78 is 0. The minimum absolute atomic E-state index is 0.658. The van der Waals surface area contributed by atoms with E-state index in [1.165, 1.54) is 22.4 Å². The topological polar surface area (TPSA) is 17.1 Å². The van der Waals surface area contributed by atoms with Crippen LogP contribution in [0.1, 0.15) is 5.56 Å². The van der Waals surface area contributed by atoms with Gasteiger partial charge < -0.3 is 0 Å². The highest BCUT2D eigenvalue weighted by molar-refractivity contribution is 5.85. The molecule has 0 saturated carbocycles. The van der Waals surface area contributed by atoms with Crippen molar-refractivity contribution in [3.63, 3.8) is 0 Å². The third kappa shape index (κ3) is 1.59. The van der Waals surface area contributed by atoms with Gasteiger partial charge in [-0.05, 0) is 16.3 Å². The largest absolute Gasteiger partial charge is 0.234 e. The summed E-state index contributed by atoms with van der Waals surface area (Å²) in [5.74, 6) is 1.81. The molecule has 0 aliphatic carbocycles. The number of hydrogen-bond donors (Lipinski definition) is 0. The first-order chi connectivity index (χ1) is 6.92. The summed E-state index contributed by atoms with van der Waals surface area (Å²) in [6.45, 7) is 0. The highest BCUT2D eigenvalue weighted by Gasteiger charge is 1.97. The third-order valence-corrected chi connectivity index (χ3v) is 2.29. The summed E-state index contributed by atoms with van der Waals surface area (Å²) >= 11 is 0. The van der Waals surface area contributed by atoms with E-state index in [2.05, 4.69) is 18.2 Å². The van der Waals surface area contributed by atoms with Crippen molar-refractivity contribution in [2.24, 2.45) is 0 Å². The molecule has 0 atom stereocenters. The number of hydrogen-bond acceptors (Lipinski definition) is 1. The van der Waals surface area contributed by atoms with Crippen molar-refractivity contribution >= 4 is 16.7 Å². The van der Waals surface area contributed by atoms with E-state index in [-0.39, 0.29) is 0 Å². The molecule has 0 saturated heterocycles. The van der Waals surface area contributed by atoms with E-state index in [1.807, 2.05) is 24.3 Å². The first-order valence-corrected chi connectivity index (χ1v) is 4.58. The van der Waals surface area contributed by atoms with Crippen LogP contribution in [-0.2, 0) is 11.2 Å². The molecule has 0 spiro atoms. The van der Waals surface area contributed by atoms with Gasteiger partial charge >= 0.3 is 0 Å². The molecule has 0 fully saturated rings. The molecule has 0 N–H and O–H groups in total. The molecule has 0 aliphatic rings. The smallest absolute Gasteiger partial charge is 0.120 e. The SMILES string of the molecule is O=C=CCc1cccc2ccccc12. The fraction of sp³-hybridized carbons (Fsp3) is 0.0769. The normalized spacial score (nSPS) is 9.71. The van der Waals surface area contributed by atoms with Crippen LogP contribution < -0.4 is 0 Å². The predicted molar refractivity (Wildman–Crippen MR) is 57.9 cm³/mol. The molecule has 1 heteroatoms. The fourth-order valence-electron chi connectivity index (χ4n) is 1.62. The van der Waals surface area contributed by atoms with Gasteiger partial charge in [0.1, 0.15) is 5.94 Å². The van der Waals surface area contributed by atoms with Crippen LogP contribution in [0.15, 0.2) is 48.5 Å². The monoisotopic (exact) mass is 182 g/mol. The Bertz CT molecular complexity index is 488. The van der Waals surface area contributed by atoms with Crippen molar-refractivity contribution in [1.82, 2.24) is 0 Å². The van der Waals surface area contributed by atoms with E-state index in [0.29, 0.717) is 6.42 Å².